The first-order valence-corrected chi connectivity index (χ1v) is 7.79. The largest absolute Gasteiger partial charge is 0.469 e. The molecule has 1 aromatic rings. The monoisotopic (exact) mass is 281 g/mol. The number of ether oxygens (including phenoxy) is 1. The molecule has 0 amide bonds. The van der Waals surface area contributed by atoms with Crippen LogP contribution < -0.4 is 5.32 Å². The summed E-state index contributed by atoms with van der Waals surface area (Å²) in [6.45, 7) is 5.59. The molecule has 0 aromatic carbocycles. The van der Waals surface area contributed by atoms with Crippen molar-refractivity contribution in [2.45, 2.75) is 45.7 Å². The van der Waals surface area contributed by atoms with Crippen LogP contribution in [0.3, 0.4) is 0 Å². The summed E-state index contributed by atoms with van der Waals surface area (Å²) in [6, 6.07) is 4.78. The molecule has 1 aliphatic carbocycles. The van der Waals surface area contributed by atoms with Crippen molar-refractivity contribution in [3.63, 3.8) is 0 Å². The molecule has 3 unspecified atom stereocenters. The van der Waals surface area contributed by atoms with Crippen molar-refractivity contribution in [2.24, 2.45) is 11.8 Å². The van der Waals surface area contributed by atoms with Crippen LogP contribution in [0.5, 0.6) is 0 Å². The second-order valence-electron chi connectivity index (χ2n) is 5.52. The van der Waals surface area contributed by atoms with Gasteiger partial charge in [-0.2, -0.15) is 0 Å². The first kappa shape index (κ1) is 14.5. The van der Waals surface area contributed by atoms with Crippen molar-refractivity contribution < 1.29 is 9.53 Å². The lowest BCUT2D eigenvalue weighted by Crippen LogP contribution is -2.31. The number of hydrogen-bond donors (Lipinski definition) is 1. The predicted octanol–water partition coefficient (Wildman–Crippen LogP) is 2.99. The number of rotatable bonds is 5. The first-order valence-electron chi connectivity index (χ1n) is 6.98. The van der Waals surface area contributed by atoms with Gasteiger partial charge in [-0.25, -0.2) is 0 Å². The Kier molecular flexibility index (Phi) is 4.99. The fraction of sp³-hybridized carbons (Fsp3) is 0.667. The summed E-state index contributed by atoms with van der Waals surface area (Å²) in [4.78, 5) is 13.6. The molecule has 4 heteroatoms. The fourth-order valence-corrected chi connectivity index (χ4v) is 3.67. The van der Waals surface area contributed by atoms with E-state index >= 15 is 0 Å². The minimum atomic E-state index is -0.167. The van der Waals surface area contributed by atoms with Gasteiger partial charge >= 0.3 is 5.97 Å². The number of nitrogens with one attached hydrogen (secondary N) is 1. The molecule has 106 valence electrons. The molecule has 1 N–H and O–H groups in total. The van der Waals surface area contributed by atoms with Crippen molar-refractivity contribution in [3.8, 4) is 0 Å². The molecule has 1 aliphatic rings. The van der Waals surface area contributed by atoms with Gasteiger partial charge in [-0.05, 0) is 36.8 Å². The summed E-state index contributed by atoms with van der Waals surface area (Å²) in [5.74, 6) is 1.42. The molecule has 0 radical (unpaired) electrons. The van der Waals surface area contributed by atoms with E-state index in [1.807, 2.05) is 6.07 Å². The second kappa shape index (κ2) is 6.53. The zero-order chi connectivity index (χ0) is 13.8. The third kappa shape index (κ3) is 3.80. The molecule has 0 spiro atoms. The molecular formula is C15H23NO2S. The van der Waals surface area contributed by atoms with Gasteiger partial charge in [0.05, 0.1) is 13.5 Å². The van der Waals surface area contributed by atoms with Gasteiger partial charge in [-0.3, -0.25) is 4.79 Å². The maximum Gasteiger partial charge on any atom is 0.310 e. The highest BCUT2D eigenvalue weighted by Gasteiger charge is 2.29. The standard InChI is InChI=1S/C15H23NO2S/c1-10-4-7-14(11(10)2)16-9-13-6-5-12(19-13)8-15(17)18-3/h5-6,10-11,14,16H,4,7-9H2,1-3H3. The molecule has 0 bridgehead atoms. The summed E-state index contributed by atoms with van der Waals surface area (Å²) in [7, 11) is 1.43. The van der Waals surface area contributed by atoms with E-state index in [-0.39, 0.29) is 5.97 Å². The number of carbonyl (C=O) groups excluding carboxylic acids is 1. The van der Waals surface area contributed by atoms with Crippen LogP contribution in [0.1, 0.15) is 36.4 Å². The zero-order valence-electron chi connectivity index (χ0n) is 11.9. The van der Waals surface area contributed by atoms with E-state index in [1.54, 1.807) is 11.3 Å². The zero-order valence-corrected chi connectivity index (χ0v) is 12.8. The third-order valence-electron chi connectivity index (χ3n) is 4.27. The predicted molar refractivity (Wildman–Crippen MR) is 78.2 cm³/mol. The summed E-state index contributed by atoms with van der Waals surface area (Å²) in [5, 5.41) is 3.65. The number of hydrogen-bond acceptors (Lipinski definition) is 4. The number of thiophene rings is 1. The van der Waals surface area contributed by atoms with Crippen molar-refractivity contribution in [3.05, 3.63) is 21.9 Å². The lowest BCUT2D eigenvalue weighted by Gasteiger charge is -2.19. The van der Waals surface area contributed by atoms with Crippen molar-refractivity contribution >= 4 is 17.3 Å². The van der Waals surface area contributed by atoms with Crippen LogP contribution in [-0.4, -0.2) is 19.1 Å². The van der Waals surface area contributed by atoms with Crippen LogP contribution in [-0.2, 0) is 22.5 Å². The van der Waals surface area contributed by atoms with Gasteiger partial charge in [0.2, 0.25) is 0 Å². The topological polar surface area (TPSA) is 38.3 Å². The Morgan fingerprint density at radius 3 is 2.74 bits per heavy atom. The molecule has 1 fully saturated rings. The second-order valence-corrected chi connectivity index (χ2v) is 6.77. The van der Waals surface area contributed by atoms with Gasteiger partial charge in [0.15, 0.2) is 0 Å². The van der Waals surface area contributed by atoms with Crippen LogP contribution in [0.4, 0.5) is 0 Å². The number of esters is 1. The van der Waals surface area contributed by atoms with Crippen molar-refractivity contribution in [1.29, 1.82) is 0 Å². The highest BCUT2D eigenvalue weighted by Crippen LogP contribution is 2.31. The number of carbonyl (C=O) groups is 1. The van der Waals surface area contributed by atoms with Crippen molar-refractivity contribution in [2.75, 3.05) is 7.11 Å². The Bertz CT molecular complexity index is 430. The van der Waals surface area contributed by atoms with E-state index in [0.717, 1.165) is 23.3 Å². The van der Waals surface area contributed by atoms with E-state index in [9.17, 15) is 4.79 Å². The Morgan fingerprint density at radius 2 is 2.11 bits per heavy atom. The smallest absolute Gasteiger partial charge is 0.310 e. The average Bonchev–Trinajstić information content (AvgIpc) is 2.96. The third-order valence-corrected chi connectivity index (χ3v) is 5.35. The maximum atomic E-state index is 11.2. The van der Waals surface area contributed by atoms with Gasteiger partial charge in [-0.15, -0.1) is 11.3 Å². The molecular weight excluding hydrogens is 258 g/mol. The molecule has 0 saturated heterocycles. The normalized spacial score (nSPS) is 26.6. The van der Waals surface area contributed by atoms with Crippen LogP contribution in [0.25, 0.3) is 0 Å². The Balaban J connectivity index is 1.82. The molecule has 3 nitrogen and oxygen atoms in total. The SMILES string of the molecule is COC(=O)Cc1ccc(CNC2CCC(C)C2C)s1. The minimum absolute atomic E-state index is 0.167. The van der Waals surface area contributed by atoms with Crippen LogP contribution >= 0.6 is 11.3 Å². The fourth-order valence-electron chi connectivity index (χ4n) is 2.71. The van der Waals surface area contributed by atoms with E-state index in [4.69, 9.17) is 0 Å². The van der Waals surface area contributed by atoms with Gasteiger partial charge in [0, 0.05) is 22.3 Å². The lowest BCUT2D eigenvalue weighted by molar-refractivity contribution is -0.139. The summed E-state index contributed by atoms with van der Waals surface area (Å²) < 4.78 is 4.68. The van der Waals surface area contributed by atoms with Gasteiger partial charge in [-0.1, -0.05) is 13.8 Å². The Labute approximate surface area is 119 Å². The average molecular weight is 281 g/mol. The molecule has 1 saturated carbocycles. The number of methoxy groups -OCH3 is 1. The van der Waals surface area contributed by atoms with E-state index < -0.39 is 0 Å². The molecule has 1 heterocycles. The maximum absolute atomic E-state index is 11.2. The van der Waals surface area contributed by atoms with Crippen molar-refractivity contribution in [1.82, 2.24) is 5.32 Å². The van der Waals surface area contributed by atoms with E-state index in [1.165, 1.54) is 24.8 Å². The molecule has 0 aliphatic heterocycles. The summed E-state index contributed by atoms with van der Waals surface area (Å²) >= 11 is 1.70. The molecule has 19 heavy (non-hydrogen) atoms. The Hall–Kier alpha value is -0.870. The molecule has 2 rings (SSSR count). The van der Waals surface area contributed by atoms with Gasteiger partial charge < -0.3 is 10.1 Å². The summed E-state index contributed by atoms with van der Waals surface area (Å²) in [5.41, 5.74) is 0. The minimum Gasteiger partial charge on any atom is -0.469 e. The van der Waals surface area contributed by atoms with Gasteiger partial charge in [0.25, 0.3) is 0 Å². The molecule has 1 aromatic heterocycles. The highest BCUT2D eigenvalue weighted by molar-refractivity contribution is 7.12. The molecule has 3 atom stereocenters. The first-order chi connectivity index (χ1) is 9.10. The highest BCUT2D eigenvalue weighted by atomic mass is 32.1. The van der Waals surface area contributed by atoms with Crippen LogP contribution in [0, 0.1) is 11.8 Å². The van der Waals surface area contributed by atoms with Crippen LogP contribution in [0.15, 0.2) is 12.1 Å². The van der Waals surface area contributed by atoms with E-state index in [0.29, 0.717) is 12.5 Å². The quantitative estimate of drug-likeness (QED) is 0.843. The lowest BCUT2D eigenvalue weighted by atomic mass is 9.98. The van der Waals surface area contributed by atoms with E-state index in [2.05, 4.69) is 30.0 Å². The van der Waals surface area contributed by atoms with Gasteiger partial charge in [0.1, 0.15) is 0 Å². The van der Waals surface area contributed by atoms with Crippen LogP contribution in [0.2, 0.25) is 0 Å². The Morgan fingerprint density at radius 1 is 1.37 bits per heavy atom. The summed E-state index contributed by atoms with van der Waals surface area (Å²) in [6.07, 6.45) is 3.00.